The number of benzene rings is 1. The Bertz CT molecular complexity index is 796. The molecule has 2 aliphatic rings. The lowest BCUT2D eigenvalue weighted by atomic mass is 9.77. The van der Waals surface area contributed by atoms with Crippen LogP contribution in [0.2, 0.25) is 0 Å². The van der Waals surface area contributed by atoms with Gasteiger partial charge in [-0.25, -0.2) is 4.39 Å². The maximum Gasteiger partial charge on any atom is 0.123 e. The van der Waals surface area contributed by atoms with Gasteiger partial charge in [-0.2, -0.15) is 0 Å². The van der Waals surface area contributed by atoms with Crippen LogP contribution >= 0.6 is 0 Å². The molecule has 2 aliphatic carbocycles. The molecule has 2 saturated carbocycles. The van der Waals surface area contributed by atoms with E-state index in [9.17, 15) is 9.50 Å². The zero-order valence-electron chi connectivity index (χ0n) is 15.2. The van der Waals surface area contributed by atoms with Gasteiger partial charge in [0.1, 0.15) is 5.82 Å². The summed E-state index contributed by atoms with van der Waals surface area (Å²) in [6, 6.07) is 10.5. The Morgan fingerprint density at radius 3 is 2.77 bits per heavy atom. The highest BCUT2D eigenvalue weighted by Crippen LogP contribution is 2.51. The third-order valence-corrected chi connectivity index (χ3v) is 6.24. The third-order valence-electron chi connectivity index (χ3n) is 6.24. The van der Waals surface area contributed by atoms with E-state index in [2.05, 4.69) is 11.1 Å². The summed E-state index contributed by atoms with van der Waals surface area (Å²) in [6.07, 6.45) is 12.0. The standard InChI is InChI=1S/C23H26FNO/c1-23(26)14-17-5-2-3-8-21(17)22(23)12-11-20-10-9-18(15-25-20)16-6-4-7-19(24)13-16/h4,6-7,9-13,15,17,21-22,26H,2-3,5,8,14H2,1H3/b12-11+/t17-,21-,22+,23?/m0/s1. The summed E-state index contributed by atoms with van der Waals surface area (Å²) in [6.45, 7) is 1.99. The van der Waals surface area contributed by atoms with Gasteiger partial charge in [0.15, 0.2) is 0 Å². The van der Waals surface area contributed by atoms with Crippen molar-refractivity contribution in [3.8, 4) is 11.1 Å². The molecule has 4 rings (SSSR count). The lowest BCUT2D eigenvalue weighted by Crippen LogP contribution is -2.30. The first kappa shape index (κ1) is 17.4. The molecule has 136 valence electrons. The van der Waals surface area contributed by atoms with Crippen molar-refractivity contribution < 1.29 is 9.50 Å². The highest BCUT2D eigenvalue weighted by atomic mass is 19.1. The number of fused-ring (bicyclic) bond motifs is 1. The minimum atomic E-state index is -0.613. The second-order valence-corrected chi connectivity index (χ2v) is 8.14. The van der Waals surface area contributed by atoms with Crippen molar-refractivity contribution in [2.75, 3.05) is 0 Å². The van der Waals surface area contributed by atoms with Gasteiger partial charge in [-0.15, -0.1) is 0 Å². The van der Waals surface area contributed by atoms with Crippen LogP contribution in [0.4, 0.5) is 4.39 Å². The normalized spacial score (nSPS) is 31.3. The van der Waals surface area contributed by atoms with Crippen LogP contribution in [0.3, 0.4) is 0 Å². The first-order valence-electron chi connectivity index (χ1n) is 9.65. The second kappa shape index (κ2) is 6.96. The molecular formula is C23H26FNO. The van der Waals surface area contributed by atoms with Gasteiger partial charge in [-0.3, -0.25) is 4.98 Å². The van der Waals surface area contributed by atoms with E-state index < -0.39 is 5.60 Å². The van der Waals surface area contributed by atoms with Gasteiger partial charge in [0.2, 0.25) is 0 Å². The summed E-state index contributed by atoms with van der Waals surface area (Å²) >= 11 is 0. The smallest absolute Gasteiger partial charge is 0.123 e. The molecule has 2 aromatic rings. The molecule has 26 heavy (non-hydrogen) atoms. The van der Waals surface area contributed by atoms with Crippen LogP contribution < -0.4 is 0 Å². The minimum absolute atomic E-state index is 0.206. The van der Waals surface area contributed by atoms with Gasteiger partial charge in [0, 0.05) is 17.7 Å². The predicted molar refractivity (Wildman–Crippen MR) is 103 cm³/mol. The average molecular weight is 351 g/mol. The Balaban J connectivity index is 1.51. The first-order valence-corrected chi connectivity index (χ1v) is 9.65. The Morgan fingerprint density at radius 2 is 2.00 bits per heavy atom. The molecular weight excluding hydrogens is 325 g/mol. The summed E-state index contributed by atoms with van der Waals surface area (Å²) in [7, 11) is 0. The lowest BCUT2D eigenvalue weighted by Gasteiger charge is -2.29. The van der Waals surface area contributed by atoms with E-state index in [4.69, 9.17) is 0 Å². The van der Waals surface area contributed by atoms with Gasteiger partial charge in [-0.1, -0.05) is 43.5 Å². The van der Waals surface area contributed by atoms with Crippen molar-refractivity contribution in [2.45, 2.75) is 44.6 Å². The molecule has 2 nitrogen and oxygen atoms in total. The van der Waals surface area contributed by atoms with Crippen molar-refractivity contribution >= 4 is 6.08 Å². The quantitative estimate of drug-likeness (QED) is 0.794. The number of hydrogen-bond acceptors (Lipinski definition) is 2. The molecule has 0 bridgehead atoms. The maximum atomic E-state index is 13.4. The van der Waals surface area contributed by atoms with Gasteiger partial charge in [-0.05, 0) is 61.4 Å². The summed E-state index contributed by atoms with van der Waals surface area (Å²) in [5, 5.41) is 10.9. The van der Waals surface area contributed by atoms with E-state index in [0.29, 0.717) is 11.8 Å². The van der Waals surface area contributed by atoms with Crippen molar-refractivity contribution in [1.82, 2.24) is 4.98 Å². The number of pyridine rings is 1. The predicted octanol–water partition coefficient (Wildman–Crippen LogP) is 5.48. The monoisotopic (exact) mass is 351 g/mol. The molecule has 1 heterocycles. The zero-order chi connectivity index (χ0) is 18.1. The number of nitrogens with zero attached hydrogens (tertiary/aromatic N) is 1. The van der Waals surface area contributed by atoms with Crippen LogP contribution in [0, 0.1) is 23.6 Å². The molecule has 0 radical (unpaired) electrons. The van der Waals surface area contributed by atoms with Crippen molar-refractivity contribution in [3.63, 3.8) is 0 Å². The molecule has 1 N–H and O–H groups in total. The molecule has 0 amide bonds. The van der Waals surface area contributed by atoms with E-state index in [1.807, 2.05) is 31.2 Å². The van der Waals surface area contributed by atoms with Crippen molar-refractivity contribution in [3.05, 3.63) is 60.2 Å². The largest absolute Gasteiger partial charge is 0.390 e. The molecule has 3 heteroatoms. The summed E-state index contributed by atoms with van der Waals surface area (Å²) in [5.41, 5.74) is 2.00. The number of aliphatic hydroxyl groups is 1. The molecule has 0 aliphatic heterocycles. The van der Waals surface area contributed by atoms with Gasteiger partial charge < -0.3 is 5.11 Å². The van der Waals surface area contributed by atoms with E-state index in [0.717, 1.165) is 23.2 Å². The highest BCUT2D eigenvalue weighted by molar-refractivity contribution is 5.63. The average Bonchev–Trinajstić information content (AvgIpc) is 2.89. The van der Waals surface area contributed by atoms with Crippen LogP contribution in [0.15, 0.2) is 48.7 Å². The summed E-state index contributed by atoms with van der Waals surface area (Å²) < 4.78 is 13.4. The number of hydrogen-bond donors (Lipinski definition) is 1. The van der Waals surface area contributed by atoms with Crippen LogP contribution in [0.5, 0.6) is 0 Å². The number of halogens is 1. The number of rotatable bonds is 3. The summed E-state index contributed by atoms with van der Waals surface area (Å²) in [5.74, 6) is 1.23. The topological polar surface area (TPSA) is 33.1 Å². The first-order chi connectivity index (χ1) is 12.5. The Morgan fingerprint density at radius 1 is 1.15 bits per heavy atom. The summed E-state index contributed by atoms with van der Waals surface area (Å²) in [4.78, 5) is 4.51. The van der Waals surface area contributed by atoms with Crippen molar-refractivity contribution in [1.29, 1.82) is 0 Å². The lowest BCUT2D eigenvalue weighted by molar-refractivity contribution is 0.0297. The highest BCUT2D eigenvalue weighted by Gasteiger charge is 2.48. The van der Waals surface area contributed by atoms with Gasteiger partial charge >= 0.3 is 0 Å². The van der Waals surface area contributed by atoms with E-state index in [-0.39, 0.29) is 11.7 Å². The van der Waals surface area contributed by atoms with E-state index >= 15 is 0 Å². The second-order valence-electron chi connectivity index (χ2n) is 8.14. The van der Waals surface area contributed by atoms with Crippen LogP contribution in [0.1, 0.15) is 44.7 Å². The third kappa shape index (κ3) is 3.45. The van der Waals surface area contributed by atoms with Crippen LogP contribution in [-0.4, -0.2) is 15.7 Å². The fourth-order valence-electron chi connectivity index (χ4n) is 4.99. The van der Waals surface area contributed by atoms with Crippen molar-refractivity contribution in [2.24, 2.45) is 17.8 Å². The Kier molecular flexibility index (Phi) is 4.66. The zero-order valence-corrected chi connectivity index (χ0v) is 15.2. The fraction of sp³-hybridized carbons (Fsp3) is 0.435. The number of aromatic nitrogens is 1. The van der Waals surface area contributed by atoms with E-state index in [1.165, 1.54) is 37.8 Å². The molecule has 1 unspecified atom stereocenters. The van der Waals surface area contributed by atoms with Gasteiger partial charge in [0.25, 0.3) is 0 Å². The Hall–Kier alpha value is -2.00. The van der Waals surface area contributed by atoms with Gasteiger partial charge in [0.05, 0.1) is 11.3 Å². The SMILES string of the molecule is CC1(O)C[C@@H]2CCCC[C@@H]2[C@H]1/C=C/c1ccc(-c2cccc(F)c2)cn1. The van der Waals surface area contributed by atoms with E-state index in [1.54, 1.807) is 12.3 Å². The molecule has 1 aromatic heterocycles. The minimum Gasteiger partial charge on any atom is -0.390 e. The molecule has 0 spiro atoms. The Labute approximate surface area is 154 Å². The van der Waals surface area contributed by atoms with Crippen LogP contribution in [0.25, 0.3) is 17.2 Å². The maximum absolute atomic E-state index is 13.4. The molecule has 0 saturated heterocycles. The molecule has 2 fully saturated rings. The van der Waals surface area contributed by atoms with Crippen LogP contribution in [-0.2, 0) is 0 Å². The fourth-order valence-corrected chi connectivity index (χ4v) is 4.99. The molecule has 4 atom stereocenters. The molecule has 1 aromatic carbocycles.